The van der Waals surface area contributed by atoms with Crippen LogP contribution in [0.15, 0.2) is 30.7 Å². The van der Waals surface area contributed by atoms with E-state index in [-0.39, 0.29) is 12.4 Å². The van der Waals surface area contributed by atoms with E-state index in [1.807, 2.05) is 11.5 Å². The third-order valence-corrected chi connectivity index (χ3v) is 2.76. The Morgan fingerprint density at radius 1 is 1.44 bits per heavy atom. The zero-order chi connectivity index (χ0) is 13.0. The van der Waals surface area contributed by atoms with Crippen molar-refractivity contribution in [3.8, 4) is 5.75 Å². The summed E-state index contributed by atoms with van der Waals surface area (Å²) in [6.45, 7) is 3.52. The minimum atomic E-state index is -0.304. The summed E-state index contributed by atoms with van der Waals surface area (Å²) in [5.41, 5.74) is 7.20. The smallest absolute Gasteiger partial charge is 0.130 e. The number of nitrogens with zero attached hydrogens (tertiary/aromatic N) is 2. The fourth-order valence-corrected chi connectivity index (χ4v) is 1.75. The molecule has 0 aliphatic carbocycles. The number of aromatic nitrogens is 2. The zero-order valence-electron chi connectivity index (χ0n) is 10.3. The van der Waals surface area contributed by atoms with Gasteiger partial charge in [-0.2, -0.15) is 0 Å². The van der Waals surface area contributed by atoms with Crippen LogP contribution in [0, 0.1) is 5.82 Å². The zero-order valence-corrected chi connectivity index (χ0v) is 10.3. The van der Waals surface area contributed by atoms with Gasteiger partial charge in [-0.1, -0.05) is 0 Å². The second-order valence-electron chi connectivity index (χ2n) is 3.92. The molecule has 0 saturated carbocycles. The second kappa shape index (κ2) is 5.64. The number of nitrogens with two attached hydrogens (primary N) is 1. The monoisotopic (exact) mass is 249 g/mol. The predicted molar refractivity (Wildman–Crippen MR) is 66.5 cm³/mol. The van der Waals surface area contributed by atoms with Gasteiger partial charge in [-0.05, 0) is 25.1 Å². The van der Waals surface area contributed by atoms with Crippen LogP contribution in [0.3, 0.4) is 0 Å². The van der Waals surface area contributed by atoms with Crippen LogP contribution in [0.4, 0.5) is 4.39 Å². The molecule has 0 aliphatic rings. The summed E-state index contributed by atoms with van der Waals surface area (Å²) in [6, 6.07) is 4.36. The highest BCUT2D eigenvalue weighted by Crippen LogP contribution is 2.20. The summed E-state index contributed by atoms with van der Waals surface area (Å²) in [6.07, 6.45) is 3.52. The molecule has 0 fully saturated rings. The molecule has 96 valence electrons. The van der Waals surface area contributed by atoms with Crippen LogP contribution in [0.5, 0.6) is 5.75 Å². The largest absolute Gasteiger partial charge is 0.487 e. The standard InChI is InChI=1S/C13H16FN3O/c1-2-17-9-16-7-12(17)8-18-13-4-3-11(14)5-10(13)6-15/h3-5,7,9H,2,6,8,15H2,1H3. The van der Waals surface area contributed by atoms with Crippen molar-refractivity contribution in [1.82, 2.24) is 9.55 Å². The van der Waals surface area contributed by atoms with E-state index in [0.29, 0.717) is 17.9 Å². The molecule has 0 spiro atoms. The molecule has 1 heterocycles. The van der Waals surface area contributed by atoms with Crippen LogP contribution in [0.1, 0.15) is 18.2 Å². The molecule has 0 atom stereocenters. The van der Waals surface area contributed by atoms with Gasteiger partial charge < -0.3 is 15.0 Å². The Bertz CT molecular complexity index is 525. The van der Waals surface area contributed by atoms with Crippen molar-refractivity contribution in [2.45, 2.75) is 26.6 Å². The maximum atomic E-state index is 13.0. The van der Waals surface area contributed by atoms with Gasteiger partial charge in [0.05, 0.1) is 18.2 Å². The molecule has 2 N–H and O–H groups in total. The SMILES string of the molecule is CCn1cncc1COc1ccc(F)cc1CN. The van der Waals surface area contributed by atoms with E-state index in [4.69, 9.17) is 10.5 Å². The van der Waals surface area contributed by atoms with Crippen LogP contribution in [-0.2, 0) is 19.7 Å². The molecule has 2 aromatic rings. The first-order valence-corrected chi connectivity index (χ1v) is 5.85. The molecule has 5 heteroatoms. The van der Waals surface area contributed by atoms with Crippen LogP contribution in [-0.4, -0.2) is 9.55 Å². The van der Waals surface area contributed by atoms with Crippen LogP contribution >= 0.6 is 0 Å². The van der Waals surface area contributed by atoms with Crippen molar-refractivity contribution < 1.29 is 9.13 Å². The number of halogens is 1. The van der Waals surface area contributed by atoms with Crippen molar-refractivity contribution in [2.75, 3.05) is 0 Å². The van der Waals surface area contributed by atoms with Gasteiger partial charge in [-0.3, -0.25) is 0 Å². The molecular weight excluding hydrogens is 233 g/mol. The van der Waals surface area contributed by atoms with Crippen molar-refractivity contribution in [3.63, 3.8) is 0 Å². The Balaban J connectivity index is 2.10. The van der Waals surface area contributed by atoms with Crippen LogP contribution in [0.2, 0.25) is 0 Å². The van der Waals surface area contributed by atoms with Gasteiger partial charge in [0.25, 0.3) is 0 Å². The molecule has 0 bridgehead atoms. The summed E-state index contributed by atoms with van der Waals surface area (Å²) >= 11 is 0. The first-order chi connectivity index (χ1) is 8.74. The van der Waals surface area contributed by atoms with Gasteiger partial charge in [0, 0.05) is 18.7 Å². The normalized spacial score (nSPS) is 10.6. The molecule has 1 aromatic heterocycles. The van der Waals surface area contributed by atoms with Gasteiger partial charge in [-0.15, -0.1) is 0 Å². The highest BCUT2D eigenvalue weighted by atomic mass is 19.1. The summed E-state index contributed by atoms with van der Waals surface area (Å²) in [4.78, 5) is 4.06. The predicted octanol–water partition coefficient (Wildman–Crippen LogP) is 2.08. The Morgan fingerprint density at radius 3 is 3.00 bits per heavy atom. The minimum absolute atomic E-state index is 0.250. The molecular formula is C13H16FN3O. The summed E-state index contributed by atoms with van der Waals surface area (Å²) in [5, 5.41) is 0. The summed E-state index contributed by atoms with van der Waals surface area (Å²) in [7, 11) is 0. The van der Waals surface area contributed by atoms with E-state index in [1.165, 1.54) is 12.1 Å². The first kappa shape index (κ1) is 12.6. The van der Waals surface area contributed by atoms with E-state index < -0.39 is 0 Å². The summed E-state index contributed by atoms with van der Waals surface area (Å²) < 4.78 is 20.7. The summed E-state index contributed by atoms with van der Waals surface area (Å²) in [5.74, 6) is 0.309. The molecule has 0 unspecified atom stereocenters. The molecule has 4 nitrogen and oxygen atoms in total. The van der Waals surface area contributed by atoms with E-state index in [9.17, 15) is 4.39 Å². The minimum Gasteiger partial charge on any atom is -0.487 e. The van der Waals surface area contributed by atoms with Crippen LogP contribution < -0.4 is 10.5 Å². The fourth-order valence-electron chi connectivity index (χ4n) is 1.75. The van der Waals surface area contributed by atoms with E-state index in [2.05, 4.69) is 4.98 Å². The van der Waals surface area contributed by atoms with Gasteiger partial charge in [0.15, 0.2) is 0 Å². The average molecular weight is 249 g/mol. The lowest BCUT2D eigenvalue weighted by Crippen LogP contribution is -2.06. The first-order valence-electron chi connectivity index (χ1n) is 5.85. The van der Waals surface area contributed by atoms with Crippen molar-refractivity contribution in [1.29, 1.82) is 0 Å². The van der Waals surface area contributed by atoms with Crippen molar-refractivity contribution >= 4 is 0 Å². The van der Waals surface area contributed by atoms with E-state index >= 15 is 0 Å². The maximum absolute atomic E-state index is 13.0. The molecule has 18 heavy (non-hydrogen) atoms. The van der Waals surface area contributed by atoms with Crippen LogP contribution in [0.25, 0.3) is 0 Å². The Morgan fingerprint density at radius 2 is 2.28 bits per heavy atom. The van der Waals surface area contributed by atoms with Crippen molar-refractivity contribution in [2.24, 2.45) is 5.73 Å². The van der Waals surface area contributed by atoms with Crippen molar-refractivity contribution in [3.05, 3.63) is 47.8 Å². The third kappa shape index (κ3) is 2.68. The number of imidazole rings is 1. The highest BCUT2D eigenvalue weighted by Gasteiger charge is 2.06. The topological polar surface area (TPSA) is 53.1 Å². The highest BCUT2D eigenvalue weighted by molar-refractivity contribution is 5.33. The Hall–Kier alpha value is -1.88. The maximum Gasteiger partial charge on any atom is 0.130 e. The van der Waals surface area contributed by atoms with E-state index in [1.54, 1.807) is 18.6 Å². The molecule has 0 radical (unpaired) electrons. The van der Waals surface area contributed by atoms with E-state index in [0.717, 1.165) is 12.2 Å². The fraction of sp³-hybridized carbons (Fsp3) is 0.308. The number of aryl methyl sites for hydroxylation is 1. The van der Waals surface area contributed by atoms with Gasteiger partial charge >= 0.3 is 0 Å². The quantitative estimate of drug-likeness (QED) is 0.882. The number of hydrogen-bond donors (Lipinski definition) is 1. The third-order valence-electron chi connectivity index (χ3n) is 2.76. The molecule has 0 aliphatic heterocycles. The number of hydrogen-bond acceptors (Lipinski definition) is 3. The average Bonchev–Trinajstić information content (AvgIpc) is 2.84. The number of ether oxygens (including phenoxy) is 1. The lowest BCUT2D eigenvalue weighted by atomic mass is 10.2. The molecule has 0 amide bonds. The Kier molecular flexibility index (Phi) is 3.94. The molecule has 1 aromatic carbocycles. The molecule has 2 rings (SSSR count). The number of rotatable bonds is 5. The molecule has 0 saturated heterocycles. The lowest BCUT2D eigenvalue weighted by Gasteiger charge is -2.11. The second-order valence-corrected chi connectivity index (χ2v) is 3.92. The van der Waals surface area contributed by atoms with Gasteiger partial charge in [0.1, 0.15) is 18.2 Å². The lowest BCUT2D eigenvalue weighted by molar-refractivity contribution is 0.292. The Labute approximate surface area is 105 Å². The van der Waals surface area contributed by atoms with Gasteiger partial charge in [0.2, 0.25) is 0 Å². The number of benzene rings is 1. The van der Waals surface area contributed by atoms with Gasteiger partial charge in [-0.25, -0.2) is 9.37 Å².